The first-order valence-electron chi connectivity index (χ1n) is 8.39. The maximum atomic E-state index is 13.6. The van der Waals surface area contributed by atoms with Crippen LogP contribution >= 0.6 is 0 Å². The topological polar surface area (TPSA) is 71.8 Å². The van der Waals surface area contributed by atoms with Gasteiger partial charge in [0.25, 0.3) is 0 Å². The highest BCUT2D eigenvalue weighted by atomic mass is 19.2. The van der Waals surface area contributed by atoms with Crippen LogP contribution in [0, 0.1) is 11.6 Å². The first kappa shape index (κ1) is 17.5. The van der Waals surface area contributed by atoms with Crippen molar-refractivity contribution in [1.29, 1.82) is 0 Å². The summed E-state index contributed by atoms with van der Waals surface area (Å²) in [5.74, 6) is -0.718. The monoisotopic (exact) mass is 349 g/mol. The summed E-state index contributed by atoms with van der Waals surface area (Å²) in [6, 6.07) is 3.96. The Morgan fingerprint density at radius 2 is 2.12 bits per heavy atom. The lowest BCUT2D eigenvalue weighted by molar-refractivity contribution is -0.116. The summed E-state index contributed by atoms with van der Waals surface area (Å²) in [6.45, 7) is 1.87. The maximum Gasteiger partial charge on any atom is 0.227 e. The van der Waals surface area contributed by atoms with E-state index in [2.05, 4.69) is 20.7 Å². The summed E-state index contributed by atoms with van der Waals surface area (Å²) in [5.41, 5.74) is 0.184. The van der Waals surface area contributed by atoms with E-state index in [1.54, 1.807) is 7.05 Å². The number of benzene rings is 1. The Hall–Kier alpha value is -2.35. The van der Waals surface area contributed by atoms with E-state index in [1.165, 1.54) is 16.8 Å². The molecule has 3 rings (SSSR count). The number of halogens is 2. The number of hydrogen-bond acceptors (Lipinski definition) is 4. The van der Waals surface area contributed by atoms with Crippen LogP contribution in [0.25, 0.3) is 0 Å². The van der Waals surface area contributed by atoms with E-state index in [4.69, 9.17) is 0 Å². The second kappa shape index (κ2) is 7.69. The van der Waals surface area contributed by atoms with Gasteiger partial charge in [-0.3, -0.25) is 10.1 Å². The first-order chi connectivity index (χ1) is 12.0. The van der Waals surface area contributed by atoms with Crippen LogP contribution < -0.4 is 10.6 Å². The quantitative estimate of drug-likeness (QED) is 0.867. The van der Waals surface area contributed by atoms with Gasteiger partial charge in [0.2, 0.25) is 11.9 Å². The van der Waals surface area contributed by atoms with Gasteiger partial charge < -0.3 is 5.32 Å². The minimum atomic E-state index is -0.905. The molecule has 1 saturated heterocycles. The predicted octanol–water partition coefficient (Wildman–Crippen LogP) is 2.13. The van der Waals surface area contributed by atoms with Crippen molar-refractivity contribution in [2.24, 2.45) is 7.05 Å². The number of rotatable bonds is 5. The van der Waals surface area contributed by atoms with E-state index in [1.807, 2.05) is 0 Å². The van der Waals surface area contributed by atoms with Crippen molar-refractivity contribution in [3.63, 3.8) is 0 Å². The fourth-order valence-electron chi connectivity index (χ4n) is 2.94. The highest BCUT2D eigenvalue weighted by Gasteiger charge is 2.21. The number of nitrogens with one attached hydrogen (secondary N) is 2. The molecule has 1 aliphatic heterocycles. The largest absolute Gasteiger partial charge is 0.317 e. The maximum absolute atomic E-state index is 13.6. The van der Waals surface area contributed by atoms with Crippen molar-refractivity contribution < 1.29 is 13.6 Å². The zero-order valence-electron chi connectivity index (χ0n) is 14.1. The van der Waals surface area contributed by atoms with Crippen molar-refractivity contribution in [3.8, 4) is 0 Å². The van der Waals surface area contributed by atoms with Crippen LogP contribution in [0.5, 0.6) is 0 Å². The van der Waals surface area contributed by atoms with Crippen LogP contribution in [-0.4, -0.2) is 33.8 Å². The van der Waals surface area contributed by atoms with Crippen LogP contribution in [-0.2, 0) is 18.3 Å². The molecule has 1 aromatic heterocycles. The number of carbonyl (C=O) groups is 1. The van der Waals surface area contributed by atoms with Crippen molar-refractivity contribution >= 4 is 11.9 Å². The summed E-state index contributed by atoms with van der Waals surface area (Å²) in [6.07, 6.45) is 2.09. The smallest absolute Gasteiger partial charge is 0.227 e. The first-order valence-corrected chi connectivity index (χ1v) is 8.39. The molecule has 1 fully saturated rings. The van der Waals surface area contributed by atoms with Gasteiger partial charge in [0.15, 0.2) is 17.5 Å². The summed E-state index contributed by atoms with van der Waals surface area (Å²) in [5, 5.41) is 10.4. The van der Waals surface area contributed by atoms with Crippen molar-refractivity contribution in [1.82, 2.24) is 20.1 Å². The molecule has 1 aromatic carbocycles. The molecule has 2 N–H and O–H groups in total. The lowest BCUT2D eigenvalue weighted by atomic mass is 9.98. The van der Waals surface area contributed by atoms with Gasteiger partial charge in [0, 0.05) is 19.4 Å². The minimum Gasteiger partial charge on any atom is -0.317 e. The molecule has 0 atom stereocenters. The van der Waals surface area contributed by atoms with Gasteiger partial charge in [-0.05, 0) is 44.0 Å². The molecular weight excluding hydrogens is 328 g/mol. The van der Waals surface area contributed by atoms with E-state index in [-0.39, 0.29) is 24.3 Å². The molecule has 8 heteroatoms. The Bertz CT molecular complexity index is 755. The highest BCUT2D eigenvalue weighted by Crippen LogP contribution is 2.23. The molecular formula is C17H21F2N5O. The molecule has 0 spiro atoms. The number of piperidine rings is 1. The highest BCUT2D eigenvalue weighted by molar-refractivity contribution is 5.89. The molecule has 0 aliphatic carbocycles. The average Bonchev–Trinajstić information content (AvgIpc) is 2.98. The Balaban J connectivity index is 1.59. The molecule has 0 unspecified atom stereocenters. The van der Waals surface area contributed by atoms with Gasteiger partial charge in [-0.1, -0.05) is 12.1 Å². The third-order valence-corrected chi connectivity index (χ3v) is 4.39. The van der Waals surface area contributed by atoms with E-state index in [0.717, 1.165) is 37.8 Å². The number of nitrogens with zero attached hydrogens (tertiary/aromatic N) is 3. The average molecular weight is 349 g/mol. The number of aryl methyl sites for hydroxylation is 2. The van der Waals surface area contributed by atoms with Crippen molar-refractivity contribution in [2.75, 3.05) is 18.4 Å². The van der Waals surface area contributed by atoms with Crippen molar-refractivity contribution in [2.45, 2.75) is 31.6 Å². The third kappa shape index (κ3) is 4.19. The Morgan fingerprint density at radius 1 is 1.36 bits per heavy atom. The van der Waals surface area contributed by atoms with Crippen LogP contribution in [0.1, 0.15) is 36.6 Å². The standard InChI is InChI=1S/C17H21F2N5O/c1-24-17(22-16(23-24)12-7-9-20-10-8-12)21-14(25)6-5-11-3-2-4-13(18)15(11)19/h2-4,12,20H,5-10H2,1H3,(H,21,22,23,25). The molecule has 0 bridgehead atoms. The summed E-state index contributed by atoms with van der Waals surface area (Å²) in [7, 11) is 1.72. The van der Waals surface area contributed by atoms with Crippen LogP contribution in [0.2, 0.25) is 0 Å². The van der Waals surface area contributed by atoms with Crippen LogP contribution in [0.4, 0.5) is 14.7 Å². The molecule has 0 saturated carbocycles. The SMILES string of the molecule is Cn1nc(C2CCNCC2)nc1NC(=O)CCc1cccc(F)c1F. The van der Waals surface area contributed by atoms with Crippen molar-refractivity contribution in [3.05, 3.63) is 41.2 Å². The van der Waals surface area contributed by atoms with Gasteiger partial charge in [0.05, 0.1) is 0 Å². The Kier molecular flexibility index (Phi) is 5.37. The Labute approximate surface area is 144 Å². The number of amides is 1. The Morgan fingerprint density at radius 3 is 2.88 bits per heavy atom. The normalized spacial score (nSPS) is 15.3. The molecule has 25 heavy (non-hydrogen) atoms. The molecule has 134 valence electrons. The summed E-state index contributed by atoms with van der Waals surface area (Å²) in [4.78, 5) is 16.5. The van der Waals surface area contributed by atoms with E-state index in [0.29, 0.717) is 11.9 Å². The van der Waals surface area contributed by atoms with Crippen LogP contribution in [0.3, 0.4) is 0 Å². The fraction of sp³-hybridized carbons (Fsp3) is 0.471. The van der Waals surface area contributed by atoms with E-state index < -0.39 is 11.6 Å². The van der Waals surface area contributed by atoms with Gasteiger partial charge in [0.1, 0.15) is 0 Å². The van der Waals surface area contributed by atoms with Crippen LogP contribution in [0.15, 0.2) is 18.2 Å². The molecule has 0 radical (unpaired) electrons. The zero-order valence-corrected chi connectivity index (χ0v) is 14.1. The molecule has 6 nitrogen and oxygen atoms in total. The molecule has 2 heterocycles. The van der Waals surface area contributed by atoms with Gasteiger partial charge in [-0.2, -0.15) is 10.1 Å². The lowest BCUT2D eigenvalue weighted by Crippen LogP contribution is -2.27. The molecule has 1 amide bonds. The van der Waals surface area contributed by atoms with E-state index in [9.17, 15) is 13.6 Å². The second-order valence-corrected chi connectivity index (χ2v) is 6.20. The van der Waals surface area contributed by atoms with Gasteiger partial charge in [-0.25, -0.2) is 13.5 Å². The number of hydrogen-bond donors (Lipinski definition) is 2. The molecule has 1 aliphatic rings. The number of anilines is 1. The molecule has 2 aromatic rings. The predicted molar refractivity (Wildman–Crippen MR) is 89.2 cm³/mol. The summed E-state index contributed by atoms with van der Waals surface area (Å²) >= 11 is 0. The number of carbonyl (C=O) groups excluding carboxylic acids is 1. The second-order valence-electron chi connectivity index (χ2n) is 6.20. The zero-order chi connectivity index (χ0) is 17.8. The minimum absolute atomic E-state index is 0.0376. The summed E-state index contributed by atoms with van der Waals surface area (Å²) < 4.78 is 28.3. The van der Waals surface area contributed by atoms with Gasteiger partial charge in [-0.15, -0.1) is 0 Å². The van der Waals surface area contributed by atoms with Gasteiger partial charge >= 0.3 is 0 Å². The number of aromatic nitrogens is 3. The lowest BCUT2D eigenvalue weighted by Gasteiger charge is -2.19. The fourth-order valence-corrected chi connectivity index (χ4v) is 2.94. The third-order valence-electron chi connectivity index (χ3n) is 4.39. The van der Waals surface area contributed by atoms with E-state index >= 15 is 0 Å².